The van der Waals surface area contributed by atoms with E-state index in [1.807, 2.05) is 11.3 Å². The largest absolute Gasteiger partial charge is 0.381 e. The fourth-order valence-corrected chi connectivity index (χ4v) is 3.41. The van der Waals surface area contributed by atoms with E-state index in [0.717, 1.165) is 32.7 Å². The van der Waals surface area contributed by atoms with Crippen molar-refractivity contribution in [3.05, 3.63) is 15.6 Å². The summed E-state index contributed by atoms with van der Waals surface area (Å²) in [5.41, 5.74) is 1.27. The lowest BCUT2D eigenvalue weighted by atomic mass is 10.0. The van der Waals surface area contributed by atoms with Gasteiger partial charge in [-0.15, -0.1) is 11.3 Å². The number of ether oxygens (including phenoxy) is 1. The molecule has 0 spiro atoms. The summed E-state index contributed by atoms with van der Waals surface area (Å²) in [4.78, 5) is 6.22. The molecule has 0 aromatic carbocycles. The number of rotatable bonds is 5. The van der Waals surface area contributed by atoms with Gasteiger partial charge in [-0.05, 0) is 25.8 Å². The zero-order valence-corrected chi connectivity index (χ0v) is 11.6. The Balaban J connectivity index is 2.08. The quantitative estimate of drug-likeness (QED) is 0.877. The number of aromatic nitrogens is 1. The third-order valence-corrected chi connectivity index (χ3v) is 4.43. The van der Waals surface area contributed by atoms with Gasteiger partial charge in [0.15, 0.2) is 0 Å². The van der Waals surface area contributed by atoms with Crippen molar-refractivity contribution >= 4 is 11.3 Å². The average molecular weight is 254 g/mol. The highest BCUT2D eigenvalue weighted by atomic mass is 32.1. The van der Waals surface area contributed by atoms with Crippen molar-refractivity contribution in [2.24, 2.45) is 0 Å². The van der Waals surface area contributed by atoms with Gasteiger partial charge < -0.3 is 10.1 Å². The summed E-state index contributed by atoms with van der Waals surface area (Å²) < 4.78 is 5.55. The summed E-state index contributed by atoms with van der Waals surface area (Å²) in [6.45, 7) is 8.09. The van der Waals surface area contributed by atoms with Crippen LogP contribution in [0.3, 0.4) is 0 Å². The van der Waals surface area contributed by atoms with Crippen molar-refractivity contribution in [2.75, 3.05) is 19.8 Å². The van der Waals surface area contributed by atoms with Gasteiger partial charge in [-0.1, -0.05) is 13.8 Å². The van der Waals surface area contributed by atoms with E-state index in [0.29, 0.717) is 5.92 Å². The van der Waals surface area contributed by atoms with Crippen LogP contribution in [0, 0.1) is 0 Å². The van der Waals surface area contributed by atoms with Crippen molar-refractivity contribution in [3.63, 3.8) is 0 Å². The van der Waals surface area contributed by atoms with Crippen LogP contribution in [0.2, 0.25) is 0 Å². The minimum atomic E-state index is 0.537. The zero-order chi connectivity index (χ0) is 12.1. The Morgan fingerprint density at radius 3 is 3.00 bits per heavy atom. The highest BCUT2D eigenvalue weighted by molar-refractivity contribution is 7.11. The van der Waals surface area contributed by atoms with Crippen LogP contribution in [0.15, 0.2) is 0 Å². The fourth-order valence-electron chi connectivity index (χ4n) is 2.17. The van der Waals surface area contributed by atoms with Gasteiger partial charge in [0.05, 0.1) is 17.3 Å². The molecule has 3 nitrogen and oxygen atoms in total. The van der Waals surface area contributed by atoms with E-state index < -0.39 is 0 Å². The number of aryl methyl sites for hydroxylation is 1. The molecule has 1 atom stereocenters. The molecular formula is C13H22N2OS. The molecule has 0 aliphatic carbocycles. The molecule has 1 aliphatic heterocycles. The van der Waals surface area contributed by atoms with Crippen LogP contribution in [-0.4, -0.2) is 24.7 Å². The van der Waals surface area contributed by atoms with Crippen molar-refractivity contribution < 1.29 is 4.74 Å². The van der Waals surface area contributed by atoms with Gasteiger partial charge in [0, 0.05) is 23.9 Å². The molecule has 1 fully saturated rings. The van der Waals surface area contributed by atoms with Crippen LogP contribution in [0.1, 0.15) is 48.2 Å². The molecule has 0 amide bonds. The van der Waals surface area contributed by atoms with E-state index in [4.69, 9.17) is 9.72 Å². The fraction of sp³-hybridized carbons (Fsp3) is 0.769. The molecule has 2 heterocycles. The molecule has 96 valence electrons. The Bertz CT molecular complexity index is 345. The molecule has 0 radical (unpaired) electrons. The maximum absolute atomic E-state index is 5.55. The van der Waals surface area contributed by atoms with Gasteiger partial charge in [-0.25, -0.2) is 4.98 Å². The van der Waals surface area contributed by atoms with Gasteiger partial charge in [0.1, 0.15) is 0 Å². The van der Waals surface area contributed by atoms with Crippen LogP contribution in [0.25, 0.3) is 0 Å². The average Bonchev–Trinajstić information content (AvgIpc) is 2.80. The summed E-state index contributed by atoms with van der Waals surface area (Å²) in [5, 5.41) is 4.68. The van der Waals surface area contributed by atoms with E-state index in [1.54, 1.807) is 0 Å². The molecular weight excluding hydrogens is 232 g/mol. The minimum absolute atomic E-state index is 0.537. The van der Waals surface area contributed by atoms with Gasteiger partial charge in [-0.2, -0.15) is 0 Å². The summed E-state index contributed by atoms with van der Waals surface area (Å²) in [6, 6.07) is 0. The molecule has 0 bridgehead atoms. The second kappa shape index (κ2) is 6.47. The molecule has 0 saturated carbocycles. The molecule has 17 heavy (non-hydrogen) atoms. The standard InChI is InChI=1S/C13H22N2OS/c1-3-11-12(8-14-4-2)17-13(15-11)10-6-5-7-16-9-10/h10,14H,3-9H2,1-2H3. The van der Waals surface area contributed by atoms with Crippen LogP contribution in [0.4, 0.5) is 0 Å². The first-order chi connectivity index (χ1) is 8.35. The maximum Gasteiger partial charge on any atom is 0.0985 e. The predicted molar refractivity (Wildman–Crippen MR) is 71.7 cm³/mol. The van der Waals surface area contributed by atoms with Crippen molar-refractivity contribution in [1.29, 1.82) is 0 Å². The Hall–Kier alpha value is -0.450. The van der Waals surface area contributed by atoms with Crippen LogP contribution < -0.4 is 5.32 Å². The first-order valence-electron chi connectivity index (χ1n) is 6.62. The van der Waals surface area contributed by atoms with Crippen molar-refractivity contribution in [1.82, 2.24) is 10.3 Å². The molecule has 1 N–H and O–H groups in total. The number of nitrogens with zero attached hydrogens (tertiary/aromatic N) is 1. The second-order valence-corrected chi connectivity index (χ2v) is 5.59. The van der Waals surface area contributed by atoms with Crippen LogP contribution in [-0.2, 0) is 17.7 Å². The monoisotopic (exact) mass is 254 g/mol. The molecule has 1 unspecified atom stereocenters. The van der Waals surface area contributed by atoms with Crippen molar-refractivity contribution in [3.8, 4) is 0 Å². The zero-order valence-electron chi connectivity index (χ0n) is 10.8. The van der Waals surface area contributed by atoms with Crippen LogP contribution >= 0.6 is 11.3 Å². The van der Waals surface area contributed by atoms with E-state index in [1.165, 1.54) is 28.4 Å². The summed E-state index contributed by atoms with van der Waals surface area (Å²) in [6.07, 6.45) is 3.44. The third kappa shape index (κ3) is 3.27. The summed E-state index contributed by atoms with van der Waals surface area (Å²) in [7, 11) is 0. The highest BCUT2D eigenvalue weighted by Crippen LogP contribution is 2.31. The molecule has 4 heteroatoms. The van der Waals surface area contributed by atoms with E-state index in [9.17, 15) is 0 Å². The molecule has 1 saturated heterocycles. The number of hydrogen-bond donors (Lipinski definition) is 1. The maximum atomic E-state index is 5.55. The Kier molecular flexibility index (Phi) is 4.95. The Morgan fingerprint density at radius 1 is 1.47 bits per heavy atom. The van der Waals surface area contributed by atoms with Gasteiger partial charge in [0.2, 0.25) is 0 Å². The summed E-state index contributed by atoms with van der Waals surface area (Å²) >= 11 is 1.88. The SMILES string of the molecule is CCNCc1sc(C2CCCOC2)nc1CC. The summed E-state index contributed by atoms with van der Waals surface area (Å²) in [5.74, 6) is 0.537. The van der Waals surface area contributed by atoms with Gasteiger partial charge in [0.25, 0.3) is 0 Å². The second-order valence-electron chi connectivity index (χ2n) is 4.47. The van der Waals surface area contributed by atoms with E-state index in [2.05, 4.69) is 19.2 Å². The van der Waals surface area contributed by atoms with E-state index in [-0.39, 0.29) is 0 Å². The number of hydrogen-bond acceptors (Lipinski definition) is 4. The number of thiazole rings is 1. The van der Waals surface area contributed by atoms with Gasteiger partial charge >= 0.3 is 0 Å². The lowest BCUT2D eigenvalue weighted by Crippen LogP contribution is -2.15. The van der Waals surface area contributed by atoms with Crippen molar-refractivity contribution in [2.45, 2.75) is 45.6 Å². The topological polar surface area (TPSA) is 34.1 Å². The number of nitrogens with one attached hydrogen (secondary N) is 1. The lowest BCUT2D eigenvalue weighted by Gasteiger charge is -2.19. The molecule has 1 aromatic rings. The smallest absolute Gasteiger partial charge is 0.0985 e. The molecule has 1 aliphatic rings. The third-order valence-electron chi connectivity index (χ3n) is 3.17. The molecule has 2 rings (SSSR count). The normalized spacial score (nSPS) is 20.7. The van der Waals surface area contributed by atoms with Crippen LogP contribution in [0.5, 0.6) is 0 Å². The first kappa shape index (κ1) is 13.0. The highest BCUT2D eigenvalue weighted by Gasteiger charge is 2.21. The Labute approximate surface area is 108 Å². The van der Waals surface area contributed by atoms with Gasteiger partial charge in [-0.3, -0.25) is 0 Å². The minimum Gasteiger partial charge on any atom is -0.381 e. The van der Waals surface area contributed by atoms with E-state index >= 15 is 0 Å². The predicted octanol–water partition coefficient (Wildman–Crippen LogP) is 2.71. The Morgan fingerprint density at radius 2 is 2.35 bits per heavy atom. The lowest BCUT2D eigenvalue weighted by molar-refractivity contribution is 0.0803. The first-order valence-corrected chi connectivity index (χ1v) is 7.43. The molecule has 1 aromatic heterocycles.